The molecule has 0 spiro atoms. The zero-order chi connectivity index (χ0) is 15.1. The van der Waals surface area contributed by atoms with Crippen LogP contribution in [0.5, 0.6) is 11.5 Å². The molecule has 1 rings (SSSR count). The van der Waals surface area contributed by atoms with Crippen LogP contribution in [0, 0.1) is 6.92 Å². The number of benzene rings is 1. The standard InChI is InChI=1S/C15H23NO4/c1-5-6-12(17)9-16-15(18)11-7-13(19-3)10(2)14(8-11)20-4/h7-8,12,17H,5-6,9H2,1-4H3,(H,16,18). The summed E-state index contributed by atoms with van der Waals surface area (Å²) < 4.78 is 10.5. The smallest absolute Gasteiger partial charge is 0.251 e. The molecule has 5 nitrogen and oxygen atoms in total. The fraction of sp³-hybridized carbons (Fsp3) is 0.533. The molecule has 0 fully saturated rings. The third kappa shape index (κ3) is 4.13. The molecule has 5 heteroatoms. The molecule has 1 unspecified atom stereocenters. The number of nitrogens with one attached hydrogen (secondary N) is 1. The monoisotopic (exact) mass is 281 g/mol. The Balaban J connectivity index is 2.82. The van der Waals surface area contributed by atoms with E-state index in [1.165, 1.54) is 0 Å². The van der Waals surface area contributed by atoms with Gasteiger partial charge in [-0.05, 0) is 25.5 Å². The lowest BCUT2D eigenvalue weighted by atomic mass is 10.1. The normalized spacial score (nSPS) is 11.8. The van der Waals surface area contributed by atoms with Gasteiger partial charge in [0.05, 0.1) is 20.3 Å². The molecule has 0 saturated heterocycles. The van der Waals surface area contributed by atoms with Gasteiger partial charge < -0.3 is 19.9 Å². The van der Waals surface area contributed by atoms with Crippen LogP contribution in [0.25, 0.3) is 0 Å². The predicted octanol–water partition coefficient (Wildman–Crippen LogP) is 1.90. The van der Waals surface area contributed by atoms with Crippen molar-refractivity contribution in [2.24, 2.45) is 0 Å². The second-order valence-corrected chi connectivity index (χ2v) is 4.66. The van der Waals surface area contributed by atoms with E-state index in [1.54, 1.807) is 26.4 Å². The first kappa shape index (κ1) is 16.3. The molecule has 0 heterocycles. The van der Waals surface area contributed by atoms with E-state index in [-0.39, 0.29) is 12.5 Å². The van der Waals surface area contributed by atoms with Crippen molar-refractivity contribution in [2.75, 3.05) is 20.8 Å². The number of aliphatic hydroxyl groups is 1. The van der Waals surface area contributed by atoms with Gasteiger partial charge in [0.2, 0.25) is 0 Å². The Morgan fingerprint density at radius 1 is 1.30 bits per heavy atom. The van der Waals surface area contributed by atoms with Crippen molar-refractivity contribution in [1.29, 1.82) is 0 Å². The molecule has 0 saturated carbocycles. The van der Waals surface area contributed by atoms with Crippen LogP contribution in [0.4, 0.5) is 0 Å². The van der Waals surface area contributed by atoms with Gasteiger partial charge in [-0.15, -0.1) is 0 Å². The van der Waals surface area contributed by atoms with Crippen LogP contribution in [-0.2, 0) is 0 Å². The van der Waals surface area contributed by atoms with Gasteiger partial charge in [0.15, 0.2) is 0 Å². The molecule has 0 radical (unpaired) electrons. The summed E-state index contributed by atoms with van der Waals surface area (Å²) in [6, 6.07) is 3.33. The fourth-order valence-corrected chi connectivity index (χ4v) is 1.97. The number of carbonyl (C=O) groups is 1. The molecule has 0 aromatic heterocycles. The molecule has 20 heavy (non-hydrogen) atoms. The SMILES string of the molecule is CCCC(O)CNC(=O)c1cc(OC)c(C)c(OC)c1. The number of ether oxygens (including phenoxy) is 2. The van der Waals surface area contributed by atoms with E-state index in [1.807, 2.05) is 13.8 Å². The van der Waals surface area contributed by atoms with Gasteiger partial charge in [0.1, 0.15) is 11.5 Å². The molecule has 1 aromatic rings. The van der Waals surface area contributed by atoms with E-state index in [0.29, 0.717) is 23.5 Å². The Bertz CT molecular complexity index is 434. The average molecular weight is 281 g/mol. The minimum Gasteiger partial charge on any atom is -0.496 e. The third-order valence-electron chi connectivity index (χ3n) is 3.13. The van der Waals surface area contributed by atoms with E-state index < -0.39 is 6.10 Å². The van der Waals surface area contributed by atoms with E-state index >= 15 is 0 Å². The van der Waals surface area contributed by atoms with Crippen molar-refractivity contribution in [3.05, 3.63) is 23.3 Å². The number of carbonyl (C=O) groups excluding carboxylic acids is 1. The lowest BCUT2D eigenvalue weighted by Crippen LogP contribution is -2.32. The van der Waals surface area contributed by atoms with Gasteiger partial charge in [0.25, 0.3) is 5.91 Å². The van der Waals surface area contributed by atoms with E-state index in [2.05, 4.69) is 5.32 Å². The molecular formula is C15H23NO4. The Hall–Kier alpha value is -1.75. The highest BCUT2D eigenvalue weighted by Crippen LogP contribution is 2.29. The molecule has 0 aliphatic rings. The number of methoxy groups -OCH3 is 2. The lowest BCUT2D eigenvalue weighted by molar-refractivity contribution is 0.0909. The molecule has 112 valence electrons. The first-order valence-corrected chi connectivity index (χ1v) is 6.72. The zero-order valence-corrected chi connectivity index (χ0v) is 12.5. The van der Waals surface area contributed by atoms with Gasteiger partial charge in [-0.25, -0.2) is 0 Å². The van der Waals surface area contributed by atoms with Crippen molar-refractivity contribution in [1.82, 2.24) is 5.32 Å². The number of hydrogen-bond donors (Lipinski definition) is 2. The van der Waals surface area contributed by atoms with Gasteiger partial charge in [-0.3, -0.25) is 4.79 Å². The Morgan fingerprint density at radius 3 is 2.30 bits per heavy atom. The van der Waals surface area contributed by atoms with Crippen molar-refractivity contribution in [3.63, 3.8) is 0 Å². The van der Waals surface area contributed by atoms with Crippen molar-refractivity contribution in [2.45, 2.75) is 32.8 Å². The highest BCUT2D eigenvalue weighted by Gasteiger charge is 2.14. The maximum Gasteiger partial charge on any atom is 0.251 e. The minimum absolute atomic E-state index is 0.241. The van der Waals surface area contributed by atoms with Crippen molar-refractivity contribution < 1.29 is 19.4 Å². The molecular weight excluding hydrogens is 258 g/mol. The Morgan fingerprint density at radius 2 is 1.85 bits per heavy atom. The molecule has 1 aromatic carbocycles. The quantitative estimate of drug-likeness (QED) is 0.801. The third-order valence-corrected chi connectivity index (χ3v) is 3.13. The topological polar surface area (TPSA) is 67.8 Å². The maximum atomic E-state index is 12.1. The maximum absolute atomic E-state index is 12.1. The largest absolute Gasteiger partial charge is 0.496 e. The van der Waals surface area contributed by atoms with Crippen LogP contribution in [0.3, 0.4) is 0 Å². The van der Waals surface area contributed by atoms with Gasteiger partial charge in [0, 0.05) is 17.7 Å². The highest BCUT2D eigenvalue weighted by atomic mass is 16.5. The van der Waals surface area contributed by atoms with E-state index in [4.69, 9.17) is 9.47 Å². The van der Waals surface area contributed by atoms with Gasteiger partial charge in [-0.2, -0.15) is 0 Å². The molecule has 0 bridgehead atoms. The molecule has 1 atom stereocenters. The summed E-state index contributed by atoms with van der Waals surface area (Å²) in [5.41, 5.74) is 1.30. The van der Waals surface area contributed by atoms with Gasteiger partial charge >= 0.3 is 0 Å². The van der Waals surface area contributed by atoms with Crippen molar-refractivity contribution >= 4 is 5.91 Å². The molecule has 1 amide bonds. The highest BCUT2D eigenvalue weighted by molar-refractivity contribution is 5.95. The number of hydrogen-bond acceptors (Lipinski definition) is 4. The van der Waals surface area contributed by atoms with E-state index in [9.17, 15) is 9.90 Å². The summed E-state index contributed by atoms with van der Waals surface area (Å²) in [5.74, 6) is 0.948. The van der Waals surface area contributed by atoms with Crippen LogP contribution in [0.1, 0.15) is 35.7 Å². The molecule has 2 N–H and O–H groups in total. The van der Waals surface area contributed by atoms with Crippen LogP contribution < -0.4 is 14.8 Å². The van der Waals surface area contributed by atoms with Crippen molar-refractivity contribution in [3.8, 4) is 11.5 Å². The van der Waals surface area contributed by atoms with E-state index in [0.717, 1.165) is 12.0 Å². The lowest BCUT2D eigenvalue weighted by Gasteiger charge is -2.14. The summed E-state index contributed by atoms with van der Waals surface area (Å²) in [4.78, 5) is 12.1. The summed E-state index contributed by atoms with van der Waals surface area (Å²) in [6.45, 7) is 4.09. The second kappa shape index (κ2) is 7.75. The Labute approximate surface area is 119 Å². The number of amides is 1. The predicted molar refractivity (Wildman–Crippen MR) is 77.5 cm³/mol. The first-order chi connectivity index (χ1) is 9.53. The summed E-state index contributed by atoms with van der Waals surface area (Å²) >= 11 is 0. The molecule has 0 aliphatic heterocycles. The first-order valence-electron chi connectivity index (χ1n) is 6.72. The van der Waals surface area contributed by atoms with Crippen LogP contribution in [0.2, 0.25) is 0 Å². The fourth-order valence-electron chi connectivity index (χ4n) is 1.97. The minimum atomic E-state index is -0.516. The summed E-state index contributed by atoms with van der Waals surface area (Å²) in [5, 5.41) is 12.3. The average Bonchev–Trinajstić information content (AvgIpc) is 2.45. The summed E-state index contributed by atoms with van der Waals surface area (Å²) in [7, 11) is 3.10. The summed E-state index contributed by atoms with van der Waals surface area (Å²) in [6.07, 6.45) is 1.03. The van der Waals surface area contributed by atoms with Crippen LogP contribution in [-0.4, -0.2) is 37.9 Å². The number of aliphatic hydroxyl groups excluding tert-OH is 1. The second-order valence-electron chi connectivity index (χ2n) is 4.66. The van der Waals surface area contributed by atoms with Gasteiger partial charge in [-0.1, -0.05) is 13.3 Å². The van der Waals surface area contributed by atoms with Crippen LogP contribution >= 0.6 is 0 Å². The zero-order valence-electron chi connectivity index (χ0n) is 12.5. The van der Waals surface area contributed by atoms with Crippen LogP contribution in [0.15, 0.2) is 12.1 Å². The number of rotatable bonds is 7. The Kier molecular flexibility index (Phi) is 6.31. The molecule has 0 aliphatic carbocycles.